The molecule has 0 spiro atoms. The Bertz CT molecular complexity index is 387. The molecule has 1 atom stereocenters. The lowest BCUT2D eigenvalue weighted by Gasteiger charge is -2.06. The number of hydrogen-bond acceptors (Lipinski definition) is 3. The summed E-state index contributed by atoms with van der Waals surface area (Å²) in [6.45, 7) is 0. The molecule has 0 amide bonds. The van der Waals surface area contributed by atoms with Crippen LogP contribution in [0.1, 0.15) is 17.9 Å². The van der Waals surface area contributed by atoms with Crippen LogP contribution in [-0.2, 0) is 0 Å². The summed E-state index contributed by atoms with van der Waals surface area (Å²) in [5.41, 5.74) is 0.827. The number of hydrogen-bond donors (Lipinski definition) is 0. The van der Waals surface area contributed by atoms with E-state index in [4.69, 9.17) is 15.3 Å². The second-order valence-corrected chi connectivity index (χ2v) is 2.82. The van der Waals surface area contributed by atoms with E-state index >= 15 is 0 Å². The Hall–Kier alpha value is -2.00. The normalized spacial score (nSPS) is 11.1. The lowest BCUT2D eigenvalue weighted by Crippen LogP contribution is -1.94. The zero-order valence-corrected chi connectivity index (χ0v) is 7.90. The van der Waals surface area contributed by atoms with Crippen LogP contribution >= 0.6 is 0 Å². The summed E-state index contributed by atoms with van der Waals surface area (Å²) in [5, 5.41) is 17.4. The molecule has 0 N–H and O–H groups in total. The molecule has 0 bridgehead atoms. The summed E-state index contributed by atoms with van der Waals surface area (Å²) in [7, 11) is 1.57. The summed E-state index contributed by atoms with van der Waals surface area (Å²) < 4.78 is 5.04. The number of rotatable bonds is 3. The minimum atomic E-state index is -0.366. The second kappa shape index (κ2) is 4.89. The summed E-state index contributed by atoms with van der Waals surface area (Å²) in [6.07, 6.45) is 0.212. The molecule has 0 aliphatic carbocycles. The third-order valence-electron chi connectivity index (χ3n) is 1.95. The van der Waals surface area contributed by atoms with Gasteiger partial charge in [0.1, 0.15) is 5.75 Å². The number of ether oxygens (including phenoxy) is 1. The van der Waals surface area contributed by atoms with E-state index < -0.39 is 0 Å². The Balaban J connectivity index is 2.95. The first-order valence-corrected chi connectivity index (χ1v) is 4.22. The first-order chi connectivity index (χ1) is 6.81. The van der Waals surface area contributed by atoms with Crippen LogP contribution in [0.2, 0.25) is 0 Å². The maximum absolute atomic E-state index is 8.83. The Morgan fingerprint density at radius 2 is 2.21 bits per heavy atom. The van der Waals surface area contributed by atoms with Crippen molar-refractivity contribution in [3.63, 3.8) is 0 Å². The lowest BCUT2D eigenvalue weighted by atomic mass is 9.98. The molecule has 0 aliphatic rings. The van der Waals surface area contributed by atoms with Crippen LogP contribution in [0.25, 0.3) is 0 Å². The molecule has 0 saturated carbocycles. The lowest BCUT2D eigenvalue weighted by molar-refractivity contribution is 0.414. The molecule has 0 aromatic heterocycles. The van der Waals surface area contributed by atoms with Crippen molar-refractivity contribution in [2.75, 3.05) is 7.11 Å². The van der Waals surface area contributed by atoms with Crippen molar-refractivity contribution in [1.82, 2.24) is 0 Å². The molecule has 14 heavy (non-hydrogen) atoms. The highest BCUT2D eigenvalue weighted by Crippen LogP contribution is 2.22. The smallest absolute Gasteiger partial charge is 0.119 e. The molecule has 0 radical (unpaired) electrons. The van der Waals surface area contributed by atoms with Gasteiger partial charge in [0.25, 0.3) is 0 Å². The van der Waals surface area contributed by atoms with E-state index in [0.29, 0.717) is 5.75 Å². The molecule has 0 heterocycles. The van der Waals surface area contributed by atoms with Gasteiger partial charge in [-0.2, -0.15) is 10.5 Å². The van der Waals surface area contributed by atoms with Crippen molar-refractivity contribution in [2.45, 2.75) is 12.3 Å². The van der Waals surface area contributed by atoms with Gasteiger partial charge in [0.15, 0.2) is 0 Å². The average molecular weight is 186 g/mol. The minimum absolute atomic E-state index is 0.212. The predicted octanol–water partition coefficient (Wildman–Crippen LogP) is 2.22. The third-order valence-corrected chi connectivity index (χ3v) is 1.95. The van der Waals surface area contributed by atoms with E-state index in [1.54, 1.807) is 13.2 Å². The van der Waals surface area contributed by atoms with Crippen molar-refractivity contribution in [3.8, 4) is 17.9 Å². The molecule has 0 aliphatic heterocycles. The van der Waals surface area contributed by atoms with Gasteiger partial charge < -0.3 is 4.74 Å². The Labute approximate surface area is 83.2 Å². The summed E-state index contributed by atoms with van der Waals surface area (Å²) in [6, 6.07) is 11.3. The molecule has 70 valence electrons. The fourth-order valence-electron chi connectivity index (χ4n) is 1.19. The molecule has 3 nitrogen and oxygen atoms in total. The molecule has 1 aromatic rings. The van der Waals surface area contributed by atoms with Crippen molar-refractivity contribution >= 4 is 0 Å². The highest BCUT2D eigenvalue weighted by atomic mass is 16.5. The van der Waals surface area contributed by atoms with Crippen molar-refractivity contribution in [2.24, 2.45) is 0 Å². The molecule has 1 aromatic carbocycles. The Morgan fingerprint density at radius 3 is 2.79 bits per heavy atom. The standard InChI is InChI=1S/C11H10N2O/c1-14-11-4-2-3-9(7-11)10(8-13)5-6-12/h2-4,7,10H,5H2,1H3/t10-/m0/s1. The molecular weight excluding hydrogens is 176 g/mol. The fourth-order valence-corrected chi connectivity index (χ4v) is 1.19. The summed E-state index contributed by atoms with van der Waals surface area (Å²) in [4.78, 5) is 0. The van der Waals surface area contributed by atoms with Crippen LogP contribution in [0.4, 0.5) is 0 Å². The van der Waals surface area contributed by atoms with E-state index in [1.165, 1.54) is 0 Å². The zero-order chi connectivity index (χ0) is 10.4. The van der Waals surface area contributed by atoms with Gasteiger partial charge in [-0.1, -0.05) is 12.1 Å². The van der Waals surface area contributed by atoms with Gasteiger partial charge in [-0.15, -0.1) is 0 Å². The van der Waals surface area contributed by atoms with Gasteiger partial charge >= 0.3 is 0 Å². The first-order valence-electron chi connectivity index (χ1n) is 4.22. The van der Waals surface area contributed by atoms with Gasteiger partial charge in [-0.25, -0.2) is 0 Å². The van der Waals surface area contributed by atoms with Crippen LogP contribution in [0, 0.1) is 22.7 Å². The maximum atomic E-state index is 8.83. The minimum Gasteiger partial charge on any atom is -0.497 e. The first kappa shape index (κ1) is 10.1. The molecular formula is C11H10N2O. The number of nitrogens with zero attached hydrogens (tertiary/aromatic N) is 2. The topological polar surface area (TPSA) is 56.8 Å². The molecule has 0 unspecified atom stereocenters. The highest BCUT2D eigenvalue weighted by Gasteiger charge is 2.10. The Morgan fingerprint density at radius 1 is 1.43 bits per heavy atom. The maximum Gasteiger partial charge on any atom is 0.119 e. The largest absolute Gasteiger partial charge is 0.497 e. The average Bonchev–Trinajstić information content (AvgIpc) is 2.26. The van der Waals surface area contributed by atoms with E-state index in [2.05, 4.69) is 6.07 Å². The van der Waals surface area contributed by atoms with Crippen molar-refractivity contribution < 1.29 is 4.74 Å². The predicted molar refractivity (Wildman–Crippen MR) is 51.6 cm³/mol. The van der Waals surface area contributed by atoms with Gasteiger partial charge in [-0.3, -0.25) is 0 Å². The number of benzene rings is 1. The van der Waals surface area contributed by atoms with Crippen molar-refractivity contribution in [3.05, 3.63) is 29.8 Å². The van der Waals surface area contributed by atoms with Crippen LogP contribution < -0.4 is 4.74 Å². The molecule has 0 saturated heterocycles. The monoisotopic (exact) mass is 186 g/mol. The second-order valence-electron chi connectivity index (χ2n) is 2.82. The summed E-state index contributed by atoms with van der Waals surface area (Å²) >= 11 is 0. The number of nitriles is 2. The van der Waals surface area contributed by atoms with E-state index in [-0.39, 0.29) is 12.3 Å². The van der Waals surface area contributed by atoms with Gasteiger partial charge in [0.05, 0.1) is 31.6 Å². The van der Waals surface area contributed by atoms with E-state index in [0.717, 1.165) is 5.56 Å². The fraction of sp³-hybridized carbons (Fsp3) is 0.273. The Kier molecular flexibility index (Phi) is 3.52. The number of methoxy groups -OCH3 is 1. The molecule has 0 fully saturated rings. The van der Waals surface area contributed by atoms with Gasteiger partial charge in [0, 0.05) is 0 Å². The van der Waals surface area contributed by atoms with Gasteiger partial charge in [-0.05, 0) is 17.7 Å². The van der Waals surface area contributed by atoms with Crippen LogP contribution in [0.15, 0.2) is 24.3 Å². The van der Waals surface area contributed by atoms with E-state index in [9.17, 15) is 0 Å². The van der Waals surface area contributed by atoms with Gasteiger partial charge in [0.2, 0.25) is 0 Å². The summed E-state index contributed by atoms with van der Waals surface area (Å²) in [5.74, 6) is 0.343. The van der Waals surface area contributed by atoms with Crippen LogP contribution in [0.5, 0.6) is 5.75 Å². The van der Waals surface area contributed by atoms with E-state index in [1.807, 2.05) is 24.3 Å². The molecule has 1 rings (SSSR count). The molecule has 3 heteroatoms. The van der Waals surface area contributed by atoms with Crippen molar-refractivity contribution in [1.29, 1.82) is 10.5 Å². The zero-order valence-electron chi connectivity index (χ0n) is 7.90. The highest BCUT2D eigenvalue weighted by molar-refractivity contribution is 5.33. The van der Waals surface area contributed by atoms with Crippen LogP contribution in [-0.4, -0.2) is 7.11 Å². The quantitative estimate of drug-likeness (QED) is 0.727. The van der Waals surface area contributed by atoms with Crippen LogP contribution in [0.3, 0.4) is 0 Å². The SMILES string of the molecule is COc1cccc([C@H](C#N)CC#N)c1. The third kappa shape index (κ3) is 2.24.